The lowest BCUT2D eigenvalue weighted by molar-refractivity contribution is 0.261. The Morgan fingerprint density at radius 2 is 1.67 bits per heavy atom. The summed E-state index contributed by atoms with van der Waals surface area (Å²) in [4.78, 5) is 0. The smallest absolute Gasteiger partial charge is 0.122 e. The van der Waals surface area contributed by atoms with Gasteiger partial charge in [0.1, 0.15) is 18.5 Å². The van der Waals surface area contributed by atoms with Crippen molar-refractivity contribution in [3.63, 3.8) is 0 Å². The lowest BCUT2D eigenvalue weighted by Gasteiger charge is -2.10. The summed E-state index contributed by atoms with van der Waals surface area (Å²) in [5.74, 6) is 1.05. The first-order valence-corrected chi connectivity index (χ1v) is 8.72. The molecule has 1 aromatic rings. The van der Waals surface area contributed by atoms with Crippen LogP contribution in [0.1, 0.15) is 63.9 Å². The summed E-state index contributed by atoms with van der Waals surface area (Å²) >= 11 is 0. The van der Waals surface area contributed by atoms with Crippen molar-refractivity contribution < 1.29 is 9.47 Å². The number of para-hydroxylation sites is 1. The molecular formula is C19H30O2. The summed E-state index contributed by atoms with van der Waals surface area (Å²) in [6.45, 7) is 3.84. The van der Waals surface area contributed by atoms with E-state index < -0.39 is 0 Å². The largest absolute Gasteiger partial charge is 0.491 e. The molecule has 0 spiro atoms. The molecule has 0 N–H and O–H groups in total. The van der Waals surface area contributed by atoms with Crippen LogP contribution in [0.5, 0.6) is 5.75 Å². The molecule has 0 aliphatic carbocycles. The normalized spacial score (nSPS) is 16.9. The van der Waals surface area contributed by atoms with Gasteiger partial charge in [-0.05, 0) is 24.5 Å². The fourth-order valence-corrected chi connectivity index (χ4v) is 2.65. The number of epoxide rings is 1. The van der Waals surface area contributed by atoms with Gasteiger partial charge in [0.2, 0.25) is 0 Å². The zero-order valence-electron chi connectivity index (χ0n) is 13.5. The Kier molecular flexibility index (Phi) is 7.66. The Morgan fingerprint density at radius 1 is 1.00 bits per heavy atom. The van der Waals surface area contributed by atoms with Crippen LogP contribution < -0.4 is 4.74 Å². The molecule has 0 radical (unpaired) electrons. The Morgan fingerprint density at radius 3 is 2.38 bits per heavy atom. The second-order valence-electron chi connectivity index (χ2n) is 6.10. The number of unbranched alkanes of at least 4 members (excludes halogenated alkanes) is 7. The lowest BCUT2D eigenvalue weighted by atomic mass is 10.0. The van der Waals surface area contributed by atoms with Crippen LogP contribution >= 0.6 is 0 Å². The molecule has 118 valence electrons. The van der Waals surface area contributed by atoms with E-state index in [2.05, 4.69) is 31.2 Å². The van der Waals surface area contributed by atoms with E-state index in [9.17, 15) is 0 Å². The van der Waals surface area contributed by atoms with Gasteiger partial charge in [-0.1, -0.05) is 70.1 Å². The average Bonchev–Trinajstić information content (AvgIpc) is 3.33. The van der Waals surface area contributed by atoms with E-state index >= 15 is 0 Å². The topological polar surface area (TPSA) is 21.8 Å². The SMILES string of the molecule is CCCCCCCCCCc1ccccc1OCC1CO1. The molecule has 21 heavy (non-hydrogen) atoms. The van der Waals surface area contributed by atoms with Gasteiger partial charge < -0.3 is 9.47 Å². The number of benzene rings is 1. The van der Waals surface area contributed by atoms with E-state index in [1.165, 1.54) is 56.9 Å². The van der Waals surface area contributed by atoms with Crippen molar-refractivity contribution in [2.45, 2.75) is 70.8 Å². The van der Waals surface area contributed by atoms with Crippen molar-refractivity contribution in [3.05, 3.63) is 29.8 Å². The molecule has 0 amide bonds. The fraction of sp³-hybridized carbons (Fsp3) is 0.684. The average molecular weight is 290 g/mol. The summed E-state index contributed by atoms with van der Waals surface area (Å²) < 4.78 is 11.1. The molecule has 2 nitrogen and oxygen atoms in total. The molecule has 1 unspecified atom stereocenters. The third kappa shape index (κ3) is 6.99. The molecule has 1 aliphatic rings. The van der Waals surface area contributed by atoms with Crippen LogP contribution in [0.15, 0.2) is 24.3 Å². The maximum atomic E-state index is 5.86. The zero-order valence-corrected chi connectivity index (χ0v) is 13.5. The van der Waals surface area contributed by atoms with Gasteiger partial charge in [-0.2, -0.15) is 0 Å². The molecule has 1 atom stereocenters. The van der Waals surface area contributed by atoms with Gasteiger partial charge in [0, 0.05) is 0 Å². The van der Waals surface area contributed by atoms with Crippen LogP contribution in [-0.2, 0) is 11.2 Å². The first-order valence-electron chi connectivity index (χ1n) is 8.72. The molecule has 1 fully saturated rings. The van der Waals surface area contributed by atoms with Gasteiger partial charge >= 0.3 is 0 Å². The van der Waals surface area contributed by atoms with Gasteiger partial charge in [-0.3, -0.25) is 0 Å². The van der Waals surface area contributed by atoms with Gasteiger partial charge in [0.25, 0.3) is 0 Å². The minimum atomic E-state index is 0.334. The summed E-state index contributed by atoms with van der Waals surface area (Å²) in [6, 6.07) is 8.45. The summed E-state index contributed by atoms with van der Waals surface area (Å²) in [6.07, 6.45) is 12.4. The van der Waals surface area contributed by atoms with Gasteiger partial charge in [0.05, 0.1) is 6.61 Å². The first kappa shape index (κ1) is 16.4. The monoisotopic (exact) mass is 290 g/mol. The molecule has 0 bridgehead atoms. The van der Waals surface area contributed by atoms with Crippen molar-refractivity contribution in [1.29, 1.82) is 0 Å². The Hall–Kier alpha value is -1.02. The molecular weight excluding hydrogens is 260 g/mol. The van der Waals surface area contributed by atoms with E-state index in [-0.39, 0.29) is 0 Å². The van der Waals surface area contributed by atoms with Crippen LogP contribution in [0, 0.1) is 0 Å². The van der Waals surface area contributed by atoms with Crippen LogP contribution in [0.2, 0.25) is 0 Å². The number of hydrogen-bond acceptors (Lipinski definition) is 2. The lowest BCUT2D eigenvalue weighted by Crippen LogP contribution is -2.05. The van der Waals surface area contributed by atoms with Gasteiger partial charge in [-0.25, -0.2) is 0 Å². The van der Waals surface area contributed by atoms with Crippen LogP contribution in [0.25, 0.3) is 0 Å². The van der Waals surface area contributed by atoms with Crippen LogP contribution in [0.3, 0.4) is 0 Å². The zero-order chi connectivity index (χ0) is 14.8. The van der Waals surface area contributed by atoms with Crippen molar-refractivity contribution >= 4 is 0 Å². The first-order chi connectivity index (χ1) is 10.4. The fourth-order valence-electron chi connectivity index (χ4n) is 2.65. The van der Waals surface area contributed by atoms with E-state index in [4.69, 9.17) is 9.47 Å². The molecule has 2 rings (SSSR count). The van der Waals surface area contributed by atoms with E-state index in [0.29, 0.717) is 12.7 Å². The number of ether oxygens (including phenoxy) is 2. The number of hydrogen-bond donors (Lipinski definition) is 0. The molecule has 1 saturated heterocycles. The van der Waals surface area contributed by atoms with E-state index in [1.54, 1.807) is 0 Å². The van der Waals surface area contributed by atoms with Crippen molar-refractivity contribution in [2.24, 2.45) is 0 Å². The molecule has 1 aliphatic heterocycles. The Bertz CT molecular complexity index is 385. The van der Waals surface area contributed by atoms with Crippen LogP contribution in [-0.4, -0.2) is 19.3 Å². The van der Waals surface area contributed by atoms with E-state index in [1.807, 2.05) is 0 Å². The second-order valence-corrected chi connectivity index (χ2v) is 6.10. The second kappa shape index (κ2) is 9.83. The Balaban J connectivity index is 1.58. The van der Waals surface area contributed by atoms with Crippen LogP contribution in [0.4, 0.5) is 0 Å². The minimum Gasteiger partial charge on any atom is -0.491 e. The number of aryl methyl sites for hydroxylation is 1. The quantitative estimate of drug-likeness (QED) is 0.392. The predicted molar refractivity (Wildman–Crippen MR) is 88.0 cm³/mol. The highest BCUT2D eigenvalue weighted by Crippen LogP contribution is 2.22. The molecule has 0 saturated carbocycles. The van der Waals surface area contributed by atoms with Gasteiger partial charge in [0.15, 0.2) is 0 Å². The van der Waals surface area contributed by atoms with Crippen molar-refractivity contribution in [3.8, 4) is 5.75 Å². The highest BCUT2D eigenvalue weighted by molar-refractivity contribution is 5.33. The molecule has 0 aromatic heterocycles. The van der Waals surface area contributed by atoms with Crippen molar-refractivity contribution in [1.82, 2.24) is 0 Å². The maximum Gasteiger partial charge on any atom is 0.122 e. The van der Waals surface area contributed by atoms with Crippen molar-refractivity contribution in [2.75, 3.05) is 13.2 Å². The predicted octanol–water partition coefficient (Wildman–Crippen LogP) is 5.15. The maximum absolute atomic E-state index is 5.86. The number of rotatable bonds is 12. The van der Waals surface area contributed by atoms with Gasteiger partial charge in [-0.15, -0.1) is 0 Å². The summed E-state index contributed by atoms with van der Waals surface area (Å²) in [5, 5.41) is 0. The third-order valence-electron chi connectivity index (χ3n) is 4.10. The standard InChI is InChI=1S/C19H30O2/c1-2-3-4-5-6-7-8-9-12-17-13-10-11-14-19(17)21-16-18-15-20-18/h10-11,13-14,18H,2-9,12,15-16H2,1H3. The highest BCUT2D eigenvalue weighted by Gasteiger charge is 2.23. The third-order valence-corrected chi connectivity index (χ3v) is 4.10. The highest BCUT2D eigenvalue weighted by atomic mass is 16.6. The molecule has 1 heterocycles. The van der Waals surface area contributed by atoms with E-state index in [0.717, 1.165) is 18.8 Å². The minimum absolute atomic E-state index is 0.334. The summed E-state index contributed by atoms with van der Waals surface area (Å²) in [7, 11) is 0. The summed E-state index contributed by atoms with van der Waals surface area (Å²) in [5.41, 5.74) is 1.35. The molecule has 2 heteroatoms. The molecule has 1 aromatic carbocycles. The Labute approximate surface area is 129 Å².